The first-order valence-electron chi connectivity index (χ1n) is 4.34. The van der Waals surface area contributed by atoms with E-state index in [0.29, 0.717) is 5.56 Å². The molecule has 0 spiro atoms. The van der Waals surface area contributed by atoms with E-state index in [1.165, 1.54) is 0 Å². The number of amides is 1. The van der Waals surface area contributed by atoms with Gasteiger partial charge in [0.05, 0.1) is 0 Å². The van der Waals surface area contributed by atoms with Gasteiger partial charge in [-0.2, -0.15) is 0 Å². The molecule has 0 aromatic carbocycles. The number of nitrogens with zero attached hydrogens (tertiary/aromatic N) is 1. The maximum absolute atomic E-state index is 11.7. The van der Waals surface area contributed by atoms with Crippen LogP contribution in [0.25, 0.3) is 0 Å². The highest BCUT2D eigenvalue weighted by molar-refractivity contribution is 9.09. The van der Waals surface area contributed by atoms with Gasteiger partial charge in [-0.05, 0) is 26.0 Å². The minimum absolute atomic E-state index is 0.0724. The van der Waals surface area contributed by atoms with Crippen LogP contribution in [0, 0.1) is 0 Å². The molecule has 0 saturated carbocycles. The highest BCUT2D eigenvalue weighted by Gasteiger charge is 2.19. The van der Waals surface area contributed by atoms with Crippen molar-refractivity contribution in [3.05, 3.63) is 30.1 Å². The van der Waals surface area contributed by atoms with Crippen LogP contribution in [0.15, 0.2) is 24.5 Å². The van der Waals surface area contributed by atoms with Crippen molar-refractivity contribution in [2.45, 2.75) is 19.4 Å². The van der Waals surface area contributed by atoms with E-state index < -0.39 is 0 Å². The summed E-state index contributed by atoms with van der Waals surface area (Å²) in [6, 6.07) is 3.39. The minimum Gasteiger partial charge on any atom is -0.346 e. The number of carbonyl (C=O) groups is 1. The van der Waals surface area contributed by atoms with Crippen molar-refractivity contribution < 1.29 is 4.79 Å². The predicted octanol–water partition coefficient (Wildman–Crippen LogP) is 1.98. The van der Waals surface area contributed by atoms with E-state index in [2.05, 4.69) is 26.2 Å². The topological polar surface area (TPSA) is 42.0 Å². The van der Waals surface area contributed by atoms with Crippen LogP contribution in [0.4, 0.5) is 0 Å². The fraction of sp³-hybridized carbons (Fsp3) is 0.400. The molecule has 1 aromatic heterocycles. The maximum atomic E-state index is 11.7. The first-order chi connectivity index (χ1) is 6.55. The molecule has 0 bridgehead atoms. The van der Waals surface area contributed by atoms with E-state index in [1.807, 2.05) is 13.8 Å². The highest BCUT2D eigenvalue weighted by atomic mass is 79.9. The number of pyridine rings is 1. The van der Waals surface area contributed by atoms with E-state index in [1.54, 1.807) is 24.5 Å². The fourth-order valence-electron chi connectivity index (χ4n) is 0.916. The monoisotopic (exact) mass is 256 g/mol. The normalized spacial score (nSPS) is 11.1. The van der Waals surface area contributed by atoms with Crippen molar-refractivity contribution in [2.24, 2.45) is 0 Å². The maximum Gasteiger partial charge on any atom is 0.251 e. The lowest BCUT2D eigenvalue weighted by atomic mass is 10.1. The summed E-state index contributed by atoms with van der Waals surface area (Å²) in [7, 11) is 0. The number of hydrogen-bond acceptors (Lipinski definition) is 2. The van der Waals surface area contributed by atoms with Gasteiger partial charge in [0.25, 0.3) is 5.91 Å². The molecule has 1 N–H and O–H groups in total. The van der Waals surface area contributed by atoms with Gasteiger partial charge in [-0.3, -0.25) is 9.78 Å². The van der Waals surface area contributed by atoms with Gasteiger partial charge in [-0.1, -0.05) is 15.9 Å². The summed E-state index contributed by atoms with van der Waals surface area (Å²) in [4.78, 5) is 15.5. The summed E-state index contributed by atoms with van der Waals surface area (Å²) >= 11 is 3.34. The van der Waals surface area contributed by atoms with Crippen molar-refractivity contribution in [2.75, 3.05) is 5.33 Å². The van der Waals surface area contributed by atoms with Crippen LogP contribution in [0.2, 0.25) is 0 Å². The van der Waals surface area contributed by atoms with Crippen molar-refractivity contribution in [1.82, 2.24) is 10.3 Å². The van der Waals surface area contributed by atoms with Gasteiger partial charge in [0.15, 0.2) is 0 Å². The van der Waals surface area contributed by atoms with Crippen LogP contribution >= 0.6 is 15.9 Å². The van der Waals surface area contributed by atoms with Gasteiger partial charge in [0.2, 0.25) is 0 Å². The molecule has 1 amide bonds. The van der Waals surface area contributed by atoms with Crippen LogP contribution in [0.3, 0.4) is 0 Å². The van der Waals surface area contributed by atoms with Crippen LogP contribution in [0.1, 0.15) is 24.2 Å². The lowest BCUT2D eigenvalue weighted by molar-refractivity contribution is 0.0921. The Kier molecular flexibility index (Phi) is 3.63. The second kappa shape index (κ2) is 4.55. The molecule has 0 unspecified atom stereocenters. The first kappa shape index (κ1) is 11.2. The van der Waals surface area contributed by atoms with Crippen LogP contribution < -0.4 is 5.32 Å². The summed E-state index contributed by atoms with van der Waals surface area (Å²) in [5.41, 5.74) is 0.398. The van der Waals surface area contributed by atoms with Crippen LogP contribution in [-0.2, 0) is 0 Å². The Balaban J connectivity index is 2.69. The number of hydrogen-bond donors (Lipinski definition) is 1. The molecule has 14 heavy (non-hydrogen) atoms. The quantitative estimate of drug-likeness (QED) is 0.841. The molecule has 76 valence electrons. The van der Waals surface area contributed by atoms with Gasteiger partial charge in [-0.25, -0.2) is 0 Å². The molecular formula is C10H13BrN2O. The van der Waals surface area contributed by atoms with Gasteiger partial charge in [0, 0.05) is 28.8 Å². The number of rotatable bonds is 3. The molecule has 1 heterocycles. The number of aromatic nitrogens is 1. The molecule has 1 rings (SSSR count). The van der Waals surface area contributed by atoms with Gasteiger partial charge >= 0.3 is 0 Å². The Hall–Kier alpha value is -0.900. The molecule has 4 heteroatoms. The van der Waals surface area contributed by atoms with Gasteiger partial charge < -0.3 is 5.32 Å². The largest absolute Gasteiger partial charge is 0.346 e. The van der Waals surface area contributed by atoms with E-state index in [9.17, 15) is 4.79 Å². The third-order valence-corrected chi connectivity index (χ3v) is 3.13. The average molecular weight is 257 g/mol. The summed E-state index contributed by atoms with van der Waals surface area (Å²) in [5, 5.41) is 3.63. The SMILES string of the molecule is CC(C)(CBr)NC(=O)c1ccncc1. The molecular weight excluding hydrogens is 244 g/mol. The standard InChI is InChI=1S/C10H13BrN2O/c1-10(2,7-11)13-9(14)8-3-5-12-6-4-8/h3-6H,7H2,1-2H3,(H,13,14). The van der Waals surface area contributed by atoms with Gasteiger partial charge in [-0.15, -0.1) is 0 Å². The molecule has 3 nitrogen and oxygen atoms in total. The smallest absolute Gasteiger partial charge is 0.251 e. The zero-order chi connectivity index (χ0) is 10.6. The summed E-state index contributed by atoms with van der Waals surface area (Å²) in [6.07, 6.45) is 3.21. The first-order valence-corrected chi connectivity index (χ1v) is 5.46. The van der Waals surface area contributed by atoms with Crippen molar-refractivity contribution in [1.29, 1.82) is 0 Å². The molecule has 0 radical (unpaired) electrons. The Morgan fingerprint density at radius 3 is 2.57 bits per heavy atom. The third kappa shape index (κ3) is 3.10. The lowest BCUT2D eigenvalue weighted by Gasteiger charge is -2.23. The number of alkyl halides is 1. The predicted molar refractivity (Wildman–Crippen MR) is 59.6 cm³/mol. The Labute approximate surface area is 92.1 Å². The van der Waals surface area contributed by atoms with E-state index in [-0.39, 0.29) is 11.4 Å². The molecule has 0 aliphatic heterocycles. The molecule has 1 aromatic rings. The van der Waals surface area contributed by atoms with E-state index in [0.717, 1.165) is 5.33 Å². The van der Waals surface area contributed by atoms with E-state index in [4.69, 9.17) is 0 Å². The van der Waals surface area contributed by atoms with Crippen molar-refractivity contribution in [3.8, 4) is 0 Å². The molecule has 0 aliphatic rings. The van der Waals surface area contributed by atoms with E-state index >= 15 is 0 Å². The Bertz CT molecular complexity index is 311. The summed E-state index contributed by atoms with van der Waals surface area (Å²) < 4.78 is 0. The van der Waals surface area contributed by atoms with Crippen molar-refractivity contribution >= 4 is 21.8 Å². The number of halogens is 1. The zero-order valence-corrected chi connectivity index (χ0v) is 9.84. The zero-order valence-electron chi connectivity index (χ0n) is 8.25. The Morgan fingerprint density at radius 2 is 2.07 bits per heavy atom. The molecule has 0 atom stereocenters. The third-order valence-electron chi connectivity index (χ3n) is 1.73. The minimum atomic E-state index is -0.236. The Morgan fingerprint density at radius 1 is 1.50 bits per heavy atom. The summed E-state index contributed by atoms with van der Waals surface area (Å²) in [6.45, 7) is 3.92. The van der Waals surface area contributed by atoms with Crippen LogP contribution in [0.5, 0.6) is 0 Å². The number of carbonyl (C=O) groups excluding carboxylic acids is 1. The molecule has 0 fully saturated rings. The summed E-state index contributed by atoms with van der Waals surface area (Å²) in [5.74, 6) is -0.0724. The average Bonchev–Trinajstić information content (AvgIpc) is 2.19. The highest BCUT2D eigenvalue weighted by Crippen LogP contribution is 2.07. The van der Waals surface area contributed by atoms with Crippen LogP contribution in [-0.4, -0.2) is 21.8 Å². The molecule has 0 aliphatic carbocycles. The lowest BCUT2D eigenvalue weighted by Crippen LogP contribution is -2.44. The molecule has 0 saturated heterocycles. The van der Waals surface area contributed by atoms with Crippen molar-refractivity contribution in [3.63, 3.8) is 0 Å². The number of nitrogens with one attached hydrogen (secondary N) is 1. The van der Waals surface area contributed by atoms with Gasteiger partial charge in [0.1, 0.15) is 0 Å². The second-order valence-electron chi connectivity index (χ2n) is 3.71. The second-order valence-corrected chi connectivity index (χ2v) is 4.27. The fourth-order valence-corrected chi connectivity index (χ4v) is 1.06.